The maximum atomic E-state index is 7.57. The molecule has 0 aromatic heterocycles. The van der Waals surface area contributed by atoms with E-state index in [4.69, 9.17) is 15.3 Å². The van der Waals surface area contributed by atoms with Gasteiger partial charge in [-0.3, -0.25) is 5.75 Å². The van der Waals surface area contributed by atoms with Crippen molar-refractivity contribution >= 4 is 12.6 Å². The Bertz CT molecular complexity index is 36.5. The van der Waals surface area contributed by atoms with E-state index < -0.39 is 0 Å². The monoisotopic (exact) mass is 261 g/mol. The van der Waals surface area contributed by atoms with E-state index in [-0.39, 0.29) is 41.5 Å². The van der Waals surface area contributed by atoms with Gasteiger partial charge in [-0.05, 0) is 20.8 Å². The molecular formula is C9H25O3STi-. The predicted molar refractivity (Wildman–Crippen MR) is 61.9 cm³/mol. The fourth-order valence-corrected chi connectivity index (χ4v) is 0. The zero-order valence-corrected chi connectivity index (χ0v) is 12.2. The third kappa shape index (κ3) is 489. The molecule has 0 amide bonds. The van der Waals surface area contributed by atoms with Gasteiger partial charge >= 0.3 is 0 Å². The second-order valence-corrected chi connectivity index (χ2v) is 1.90. The van der Waals surface area contributed by atoms with Crippen molar-refractivity contribution in [1.29, 1.82) is 0 Å². The first-order valence-electron chi connectivity index (χ1n) is 4.44. The van der Waals surface area contributed by atoms with Crippen LogP contribution in [-0.2, 0) is 21.7 Å². The number of hydrogen-bond donors (Lipinski definition) is 4. The average molecular weight is 261 g/mol. The molecule has 0 aliphatic rings. The van der Waals surface area contributed by atoms with E-state index in [1.807, 2.05) is 12.7 Å². The summed E-state index contributed by atoms with van der Waals surface area (Å²) in [7, 11) is 0. The van der Waals surface area contributed by atoms with E-state index in [9.17, 15) is 0 Å². The normalized spacial score (nSPS) is 6.00. The quantitative estimate of drug-likeness (QED) is 0.328. The van der Waals surface area contributed by atoms with Gasteiger partial charge in [0, 0.05) is 41.5 Å². The van der Waals surface area contributed by atoms with Crippen LogP contribution in [0.25, 0.3) is 0 Å². The van der Waals surface area contributed by atoms with Crippen molar-refractivity contribution in [2.45, 2.75) is 34.1 Å². The van der Waals surface area contributed by atoms with Crippen molar-refractivity contribution in [3.8, 4) is 0 Å². The Labute approximate surface area is 109 Å². The van der Waals surface area contributed by atoms with Crippen LogP contribution in [0.5, 0.6) is 0 Å². The summed E-state index contributed by atoms with van der Waals surface area (Å²) in [6.07, 6.45) is 1.06. The molecule has 0 heterocycles. The topological polar surface area (TPSA) is 60.7 Å². The van der Waals surface area contributed by atoms with Crippen molar-refractivity contribution in [2.24, 2.45) is 0 Å². The van der Waals surface area contributed by atoms with Crippen LogP contribution in [0.1, 0.15) is 34.1 Å². The predicted octanol–water partition coefficient (Wildman–Crippen LogP) is 1.48. The van der Waals surface area contributed by atoms with Gasteiger partial charge in [0.1, 0.15) is 0 Å². The second kappa shape index (κ2) is 66.1. The molecule has 90 valence electrons. The second-order valence-electron chi connectivity index (χ2n) is 1.54. The minimum Gasteiger partial charge on any atom is -0.397 e. The van der Waals surface area contributed by atoms with Gasteiger partial charge in [-0.2, -0.15) is 6.42 Å². The molecule has 0 bridgehead atoms. The van der Waals surface area contributed by atoms with Gasteiger partial charge in [0.15, 0.2) is 0 Å². The van der Waals surface area contributed by atoms with Gasteiger partial charge in [0.25, 0.3) is 0 Å². The molecule has 0 rings (SSSR count). The minimum absolute atomic E-state index is 0. The van der Waals surface area contributed by atoms with Crippen LogP contribution in [0.15, 0.2) is 0 Å². The van der Waals surface area contributed by atoms with Crippen LogP contribution in [0.3, 0.4) is 0 Å². The molecule has 0 atom stereocenters. The minimum atomic E-state index is 0. The van der Waals surface area contributed by atoms with Gasteiger partial charge < -0.3 is 27.9 Å². The summed E-state index contributed by atoms with van der Waals surface area (Å²) in [6, 6.07) is 0. The Morgan fingerprint density at radius 1 is 0.857 bits per heavy atom. The summed E-state index contributed by atoms with van der Waals surface area (Å²) in [4.78, 5) is 0. The van der Waals surface area contributed by atoms with Crippen LogP contribution in [0, 0.1) is 5.75 Å². The summed E-state index contributed by atoms with van der Waals surface area (Å²) < 4.78 is 0. The number of rotatable bonds is 1. The smallest absolute Gasteiger partial charge is 0.0402 e. The van der Waals surface area contributed by atoms with Gasteiger partial charge in [0.2, 0.25) is 0 Å². The van der Waals surface area contributed by atoms with E-state index in [0.717, 1.165) is 6.42 Å². The first kappa shape index (κ1) is 29.4. The molecule has 0 saturated heterocycles. The Morgan fingerprint density at radius 2 is 0.929 bits per heavy atom. The number of thiol groups is 1. The summed E-state index contributed by atoms with van der Waals surface area (Å²) in [5.41, 5.74) is 0. The number of aliphatic hydroxyl groups excluding tert-OH is 3. The van der Waals surface area contributed by atoms with Crippen molar-refractivity contribution in [2.75, 3.05) is 19.8 Å². The van der Waals surface area contributed by atoms with Gasteiger partial charge in [-0.15, -0.1) is 0 Å². The third-order valence-corrected chi connectivity index (χ3v) is 0.548. The fraction of sp³-hybridized carbons (Fsp3) is 0.889. The van der Waals surface area contributed by atoms with E-state index in [1.165, 1.54) is 0 Å². The van der Waals surface area contributed by atoms with E-state index in [2.05, 4.69) is 12.6 Å². The standard InChI is InChI=1S/C3H7S.3C2H6O.Ti/c1-2-3-4;3*1-2-3;/h3-4H,2H2,1H3;3*3H,2H2,1H3;/q-1;;;;. The number of hydrogen-bond acceptors (Lipinski definition) is 4. The molecule has 0 aliphatic heterocycles. The Balaban J connectivity index is -0.0000000254. The van der Waals surface area contributed by atoms with Crippen LogP contribution in [0.4, 0.5) is 0 Å². The molecular weight excluding hydrogens is 236 g/mol. The Kier molecular flexibility index (Phi) is 139. The molecule has 3 nitrogen and oxygen atoms in total. The molecule has 14 heavy (non-hydrogen) atoms. The molecule has 0 saturated carbocycles. The summed E-state index contributed by atoms with van der Waals surface area (Å²) in [6.45, 7) is 7.84. The summed E-state index contributed by atoms with van der Waals surface area (Å²) in [5, 5.41) is 22.7. The van der Waals surface area contributed by atoms with Crippen LogP contribution >= 0.6 is 12.6 Å². The maximum Gasteiger partial charge on any atom is 0.0402 e. The molecule has 0 unspecified atom stereocenters. The van der Waals surface area contributed by atoms with Crippen LogP contribution in [0.2, 0.25) is 0 Å². The molecule has 0 aliphatic carbocycles. The Morgan fingerprint density at radius 3 is 0.929 bits per heavy atom. The zero-order valence-electron chi connectivity index (χ0n) is 9.69. The fourth-order valence-electron chi connectivity index (χ4n) is 0. The summed E-state index contributed by atoms with van der Waals surface area (Å²) >= 11 is 3.80. The third-order valence-electron chi connectivity index (χ3n) is 0.183. The summed E-state index contributed by atoms with van der Waals surface area (Å²) in [5.74, 6) is 1.82. The molecule has 3 N–H and O–H groups in total. The first-order valence-corrected chi connectivity index (χ1v) is 4.96. The van der Waals surface area contributed by atoms with Crippen LogP contribution in [-0.4, -0.2) is 35.1 Å². The molecule has 5 heteroatoms. The first-order chi connectivity index (χ1) is 6.16. The van der Waals surface area contributed by atoms with Crippen molar-refractivity contribution in [3.05, 3.63) is 5.75 Å². The molecule has 0 aromatic rings. The van der Waals surface area contributed by atoms with Crippen molar-refractivity contribution in [3.63, 3.8) is 0 Å². The van der Waals surface area contributed by atoms with E-state index in [0.29, 0.717) is 0 Å². The van der Waals surface area contributed by atoms with Gasteiger partial charge in [-0.1, -0.05) is 6.92 Å². The molecule has 0 radical (unpaired) electrons. The SMILES string of the molecule is CCO.CCO.CCO.CC[CH-]S.[Ti]. The van der Waals surface area contributed by atoms with Gasteiger partial charge in [0.05, 0.1) is 0 Å². The van der Waals surface area contributed by atoms with E-state index in [1.54, 1.807) is 20.8 Å². The van der Waals surface area contributed by atoms with Crippen LogP contribution < -0.4 is 0 Å². The van der Waals surface area contributed by atoms with Gasteiger partial charge in [-0.25, -0.2) is 0 Å². The number of aliphatic hydroxyl groups is 3. The molecule has 0 aromatic carbocycles. The van der Waals surface area contributed by atoms with E-state index >= 15 is 0 Å². The maximum absolute atomic E-state index is 7.57. The zero-order chi connectivity index (χ0) is 11.5. The molecule has 0 spiro atoms. The average Bonchev–Trinajstić information content (AvgIpc) is 2.08. The van der Waals surface area contributed by atoms with Crippen molar-refractivity contribution < 1.29 is 37.0 Å². The van der Waals surface area contributed by atoms with Crippen molar-refractivity contribution in [1.82, 2.24) is 0 Å². The Hall–Kier alpha value is 0.944. The molecule has 0 fully saturated rings. The largest absolute Gasteiger partial charge is 0.397 e.